The van der Waals surface area contributed by atoms with Crippen LogP contribution >= 0.6 is 11.6 Å². The molecule has 3 rings (SSSR count). The number of carbonyl (C=O) groups is 2. The van der Waals surface area contributed by atoms with Crippen molar-refractivity contribution < 1.29 is 18.0 Å². The lowest BCUT2D eigenvalue weighted by Crippen LogP contribution is -2.55. The monoisotopic (exact) mass is 435 g/mol. The van der Waals surface area contributed by atoms with Gasteiger partial charge in [-0.25, -0.2) is 8.42 Å². The number of sulfonamides is 1. The number of amides is 2. The zero-order chi connectivity index (χ0) is 21.0. The van der Waals surface area contributed by atoms with Gasteiger partial charge in [0.15, 0.2) is 0 Å². The zero-order valence-electron chi connectivity index (χ0n) is 15.9. The van der Waals surface area contributed by atoms with Gasteiger partial charge in [0.05, 0.1) is 4.90 Å². The first-order valence-corrected chi connectivity index (χ1v) is 11.0. The smallest absolute Gasteiger partial charge is 0.269 e. The fourth-order valence-corrected chi connectivity index (χ4v) is 4.96. The van der Waals surface area contributed by atoms with Gasteiger partial charge in [-0.05, 0) is 56.2 Å². The van der Waals surface area contributed by atoms with E-state index in [-0.39, 0.29) is 11.4 Å². The van der Waals surface area contributed by atoms with Crippen molar-refractivity contribution >= 4 is 33.4 Å². The first-order chi connectivity index (χ1) is 13.8. The molecule has 154 valence electrons. The van der Waals surface area contributed by atoms with Gasteiger partial charge in [-0.1, -0.05) is 35.7 Å². The summed E-state index contributed by atoms with van der Waals surface area (Å²) in [5.74, 6) is -1.08. The molecule has 29 heavy (non-hydrogen) atoms. The first kappa shape index (κ1) is 21.3. The molecule has 0 unspecified atom stereocenters. The number of nitrogens with one attached hydrogen (secondary N) is 2. The molecule has 7 nitrogen and oxygen atoms in total. The Hall–Kier alpha value is -2.42. The maximum absolute atomic E-state index is 13.1. The highest BCUT2D eigenvalue weighted by atomic mass is 35.5. The van der Waals surface area contributed by atoms with E-state index in [0.717, 1.165) is 12.0 Å². The lowest BCUT2D eigenvalue weighted by molar-refractivity contribution is -0.126. The van der Waals surface area contributed by atoms with Crippen LogP contribution < -0.4 is 10.9 Å². The van der Waals surface area contributed by atoms with E-state index in [1.807, 2.05) is 6.92 Å². The molecule has 0 aliphatic carbocycles. The van der Waals surface area contributed by atoms with E-state index in [4.69, 9.17) is 11.6 Å². The summed E-state index contributed by atoms with van der Waals surface area (Å²) in [6.07, 6.45) is 1.78. The van der Waals surface area contributed by atoms with Crippen LogP contribution in [0.1, 0.15) is 35.2 Å². The lowest BCUT2D eigenvalue weighted by Gasteiger charge is -2.33. The number of piperidine rings is 1. The molecule has 0 radical (unpaired) electrons. The van der Waals surface area contributed by atoms with Gasteiger partial charge in [-0.2, -0.15) is 4.31 Å². The molecule has 2 amide bonds. The third-order valence-electron chi connectivity index (χ3n) is 4.79. The quantitative estimate of drug-likeness (QED) is 0.721. The second kappa shape index (κ2) is 8.94. The number of benzene rings is 2. The predicted octanol–water partition coefficient (Wildman–Crippen LogP) is 2.65. The highest BCUT2D eigenvalue weighted by Crippen LogP contribution is 2.25. The Balaban J connectivity index is 1.71. The van der Waals surface area contributed by atoms with Crippen molar-refractivity contribution in [1.82, 2.24) is 15.2 Å². The minimum atomic E-state index is -3.82. The highest BCUT2D eigenvalue weighted by molar-refractivity contribution is 7.89. The summed E-state index contributed by atoms with van der Waals surface area (Å²) in [4.78, 5) is 25.0. The Morgan fingerprint density at radius 1 is 1.00 bits per heavy atom. The van der Waals surface area contributed by atoms with Gasteiger partial charge < -0.3 is 0 Å². The molecule has 2 aromatic rings. The first-order valence-electron chi connectivity index (χ1n) is 9.23. The third-order valence-corrected chi connectivity index (χ3v) is 6.96. The fourth-order valence-electron chi connectivity index (χ4n) is 3.18. The average molecular weight is 436 g/mol. The number of hydrazine groups is 1. The molecule has 1 heterocycles. The molecule has 0 saturated carbocycles. The van der Waals surface area contributed by atoms with E-state index >= 15 is 0 Å². The maximum Gasteiger partial charge on any atom is 0.269 e. The summed E-state index contributed by atoms with van der Waals surface area (Å²) in [7, 11) is -3.82. The molecule has 1 atom stereocenters. The van der Waals surface area contributed by atoms with Crippen molar-refractivity contribution in [3.8, 4) is 0 Å². The van der Waals surface area contributed by atoms with Crippen LogP contribution in [-0.2, 0) is 14.8 Å². The van der Waals surface area contributed by atoms with Crippen molar-refractivity contribution in [3.05, 3.63) is 64.7 Å². The van der Waals surface area contributed by atoms with Crippen LogP contribution in [0.4, 0.5) is 0 Å². The van der Waals surface area contributed by atoms with Gasteiger partial charge in [0.2, 0.25) is 10.0 Å². The lowest BCUT2D eigenvalue weighted by atomic mass is 10.0. The van der Waals surface area contributed by atoms with Crippen LogP contribution in [0, 0.1) is 6.92 Å². The molecule has 0 spiro atoms. The van der Waals surface area contributed by atoms with E-state index in [0.29, 0.717) is 23.4 Å². The summed E-state index contributed by atoms with van der Waals surface area (Å²) >= 11 is 5.80. The van der Waals surface area contributed by atoms with Crippen LogP contribution in [0.15, 0.2) is 53.4 Å². The van der Waals surface area contributed by atoms with E-state index in [9.17, 15) is 18.0 Å². The fraction of sp³-hybridized carbons (Fsp3) is 0.300. The Morgan fingerprint density at radius 3 is 2.31 bits per heavy atom. The Kier molecular flexibility index (Phi) is 6.56. The molecule has 2 aromatic carbocycles. The Bertz CT molecular complexity index is 991. The molecule has 2 N–H and O–H groups in total. The Labute approximate surface area is 175 Å². The molecule has 1 saturated heterocycles. The number of hydrogen-bond donors (Lipinski definition) is 2. The SMILES string of the molecule is Cc1ccc(S(=O)(=O)N2CCCC[C@H]2C(=O)NNC(=O)c2ccc(Cl)cc2)cc1. The molecular weight excluding hydrogens is 414 g/mol. The van der Waals surface area contributed by atoms with Crippen LogP contribution in [0.5, 0.6) is 0 Å². The maximum atomic E-state index is 13.1. The predicted molar refractivity (Wildman–Crippen MR) is 110 cm³/mol. The van der Waals surface area contributed by atoms with Crippen LogP contribution in [0.3, 0.4) is 0 Å². The molecule has 1 aliphatic heterocycles. The molecule has 0 aromatic heterocycles. The van der Waals surface area contributed by atoms with Crippen molar-refractivity contribution in [3.63, 3.8) is 0 Å². The minimum absolute atomic E-state index is 0.146. The summed E-state index contributed by atoms with van der Waals surface area (Å²) in [5, 5.41) is 0.491. The number of nitrogens with zero attached hydrogens (tertiary/aromatic N) is 1. The van der Waals surface area contributed by atoms with Crippen LogP contribution in [0.2, 0.25) is 5.02 Å². The number of hydrogen-bond acceptors (Lipinski definition) is 4. The highest BCUT2D eigenvalue weighted by Gasteiger charge is 2.37. The van der Waals surface area contributed by atoms with E-state index in [2.05, 4.69) is 10.9 Å². The van der Waals surface area contributed by atoms with E-state index in [1.54, 1.807) is 24.3 Å². The second-order valence-corrected chi connectivity index (χ2v) is 9.22. The molecule has 1 fully saturated rings. The van der Waals surface area contributed by atoms with Gasteiger partial charge in [0.1, 0.15) is 6.04 Å². The van der Waals surface area contributed by atoms with Gasteiger partial charge in [-0.3, -0.25) is 20.4 Å². The Morgan fingerprint density at radius 2 is 1.66 bits per heavy atom. The third kappa shape index (κ3) is 4.95. The topological polar surface area (TPSA) is 95.6 Å². The molecular formula is C20H22ClN3O4S. The summed E-state index contributed by atoms with van der Waals surface area (Å²) in [5.41, 5.74) is 5.95. The summed E-state index contributed by atoms with van der Waals surface area (Å²) < 4.78 is 27.3. The molecule has 1 aliphatic rings. The summed E-state index contributed by atoms with van der Waals surface area (Å²) in [6, 6.07) is 11.8. The van der Waals surface area contributed by atoms with E-state index < -0.39 is 27.9 Å². The average Bonchev–Trinajstić information content (AvgIpc) is 2.72. The van der Waals surface area contributed by atoms with Crippen molar-refractivity contribution in [2.45, 2.75) is 37.1 Å². The molecule has 0 bridgehead atoms. The zero-order valence-corrected chi connectivity index (χ0v) is 17.5. The van der Waals surface area contributed by atoms with Crippen molar-refractivity contribution in [2.24, 2.45) is 0 Å². The van der Waals surface area contributed by atoms with Crippen molar-refractivity contribution in [1.29, 1.82) is 0 Å². The second-order valence-electron chi connectivity index (χ2n) is 6.89. The van der Waals surface area contributed by atoms with Crippen LogP contribution in [0.25, 0.3) is 0 Å². The standard InChI is InChI=1S/C20H22ClN3O4S/c1-14-5-11-17(12-6-14)29(27,28)24-13-3-2-4-18(24)20(26)23-22-19(25)15-7-9-16(21)10-8-15/h5-12,18H,2-4,13H2,1H3,(H,22,25)(H,23,26)/t18-/m0/s1. The number of carbonyl (C=O) groups excluding carboxylic acids is 2. The largest absolute Gasteiger partial charge is 0.271 e. The molecule has 9 heteroatoms. The normalized spacial score (nSPS) is 17.5. The minimum Gasteiger partial charge on any atom is -0.271 e. The van der Waals surface area contributed by atoms with Gasteiger partial charge in [0, 0.05) is 17.1 Å². The number of aryl methyl sites for hydroxylation is 1. The number of halogens is 1. The van der Waals surface area contributed by atoms with Gasteiger partial charge >= 0.3 is 0 Å². The van der Waals surface area contributed by atoms with Crippen molar-refractivity contribution in [2.75, 3.05) is 6.54 Å². The van der Waals surface area contributed by atoms with E-state index in [1.165, 1.54) is 28.6 Å². The van der Waals surface area contributed by atoms with Gasteiger partial charge in [0.25, 0.3) is 11.8 Å². The summed E-state index contributed by atoms with van der Waals surface area (Å²) in [6.45, 7) is 2.12. The van der Waals surface area contributed by atoms with Gasteiger partial charge in [-0.15, -0.1) is 0 Å². The van der Waals surface area contributed by atoms with Crippen LogP contribution in [-0.4, -0.2) is 37.1 Å². The number of rotatable bonds is 4.